The Morgan fingerprint density at radius 1 is 1.00 bits per heavy atom. The predicted molar refractivity (Wildman–Crippen MR) is 104 cm³/mol. The van der Waals surface area contributed by atoms with Crippen LogP contribution in [0.15, 0.2) is 41.3 Å². The van der Waals surface area contributed by atoms with Gasteiger partial charge in [0.05, 0.1) is 10.5 Å². The number of halogens is 3. The van der Waals surface area contributed by atoms with Crippen molar-refractivity contribution < 1.29 is 22.5 Å². The molecule has 0 unspecified atom stereocenters. The van der Waals surface area contributed by atoms with E-state index in [1.807, 2.05) is 0 Å². The minimum absolute atomic E-state index is 0.185. The summed E-state index contributed by atoms with van der Waals surface area (Å²) < 4.78 is 40.2. The van der Waals surface area contributed by atoms with Gasteiger partial charge >= 0.3 is 5.97 Å². The van der Waals surface area contributed by atoms with Crippen LogP contribution in [0.25, 0.3) is 0 Å². The van der Waals surface area contributed by atoms with E-state index >= 15 is 0 Å². The molecule has 9 heteroatoms. The van der Waals surface area contributed by atoms with Gasteiger partial charge in [-0.15, -0.1) is 0 Å². The minimum atomic E-state index is -4.57. The van der Waals surface area contributed by atoms with E-state index in [0.29, 0.717) is 5.56 Å². The summed E-state index contributed by atoms with van der Waals surface area (Å²) in [7, 11) is -4.57. The van der Waals surface area contributed by atoms with Crippen LogP contribution in [0.1, 0.15) is 10.4 Å². The van der Waals surface area contributed by atoms with Crippen molar-refractivity contribution in [3.05, 3.63) is 52.7 Å². The third-order valence-corrected chi connectivity index (χ3v) is 6.60. The average molecular weight is 655 g/mol. The SMILES string of the molecule is O=C(Oc1cc(I)c(S(=O)(=O)[O-])c(I)c1)c1ccc(I)cc1. The molecule has 0 N–H and O–H groups in total. The van der Waals surface area contributed by atoms with Gasteiger partial charge in [-0.1, -0.05) is 0 Å². The summed E-state index contributed by atoms with van der Waals surface area (Å²) in [4.78, 5) is 11.7. The van der Waals surface area contributed by atoms with Crippen LogP contribution in [-0.2, 0) is 10.1 Å². The molecule has 0 spiro atoms. The van der Waals surface area contributed by atoms with E-state index in [2.05, 4.69) is 22.6 Å². The molecule has 5 nitrogen and oxygen atoms in total. The Morgan fingerprint density at radius 2 is 1.50 bits per heavy atom. The first-order valence-electron chi connectivity index (χ1n) is 5.61. The topological polar surface area (TPSA) is 83.5 Å². The molecule has 0 aliphatic heterocycles. The van der Waals surface area contributed by atoms with Crippen molar-refractivity contribution in [3.8, 4) is 5.75 Å². The third kappa shape index (κ3) is 4.52. The lowest BCUT2D eigenvalue weighted by atomic mass is 10.2. The Hall–Kier alpha value is 0.01000. The quantitative estimate of drug-likeness (QED) is 0.219. The summed E-state index contributed by atoms with van der Waals surface area (Å²) in [5, 5.41) is 0. The van der Waals surface area contributed by atoms with Crippen LogP contribution < -0.4 is 4.74 Å². The largest absolute Gasteiger partial charge is 0.744 e. The molecule has 0 aromatic heterocycles. The fourth-order valence-electron chi connectivity index (χ4n) is 1.59. The number of esters is 1. The second kappa shape index (κ2) is 7.27. The first-order chi connectivity index (χ1) is 10.2. The lowest BCUT2D eigenvalue weighted by Crippen LogP contribution is -2.10. The molecule has 0 bridgehead atoms. The van der Waals surface area contributed by atoms with Crippen LogP contribution >= 0.6 is 67.8 Å². The van der Waals surface area contributed by atoms with Gasteiger partial charge in [0.1, 0.15) is 15.9 Å². The number of ether oxygens (including phenoxy) is 1. The summed E-state index contributed by atoms with van der Waals surface area (Å²) >= 11 is 5.58. The van der Waals surface area contributed by atoms with Crippen LogP contribution in [0.2, 0.25) is 0 Å². The Labute approximate surface area is 168 Å². The summed E-state index contributed by atoms with van der Waals surface area (Å²) in [6, 6.07) is 9.51. The summed E-state index contributed by atoms with van der Waals surface area (Å²) in [5.74, 6) is -0.370. The molecule has 0 saturated heterocycles. The highest BCUT2D eigenvalue weighted by Gasteiger charge is 2.16. The second-order valence-corrected chi connectivity index (χ2v) is 8.95. The number of hydrogen-bond acceptors (Lipinski definition) is 5. The Balaban J connectivity index is 2.31. The molecule has 0 radical (unpaired) electrons. The van der Waals surface area contributed by atoms with Gasteiger partial charge in [0.15, 0.2) is 0 Å². The zero-order valence-corrected chi connectivity index (χ0v) is 17.8. The monoisotopic (exact) mass is 655 g/mol. The van der Waals surface area contributed by atoms with Crippen LogP contribution in [0, 0.1) is 10.7 Å². The molecule has 116 valence electrons. The fraction of sp³-hybridized carbons (Fsp3) is 0. The standard InChI is InChI=1S/C13H7I3O5S/c14-8-3-1-7(2-4-8)13(17)21-9-5-10(15)12(11(16)6-9)22(18,19)20/h1-6H,(H,18,19,20)/p-1. The first kappa shape index (κ1) is 18.4. The lowest BCUT2D eigenvalue weighted by Gasteiger charge is -2.13. The average Bonchev–Trinajstić information content (AvgIpc) is 2.36. The number of benzene rings is 2. The van der Waals surface area contributed by atoms with Gasteiger partial charge < -0.3 is 9.29 Å². The van der Waals surface area contributed by atoms with E-state index in [-0.39, 0.29) is 17.8 Å². The number of carbonyl (C=O) groups is 1. The summed E-state index contributed by atoms with van der Waals surface area (Å²) in [5.41, 5.74) is 0.381. The molecule has 0 heterocycles. The number of rotatable bonds is 3. The third-order valence-electron chi connectivity index (χ3n) is 2.51. The predicted octanol–water partition coefficient (Wildman–Crippen LogP) is 3.62. The molecule has 0 aliphatic rings. The number of hydrogen-bond donors (Lipinski definition) is 0. The van der Waals surface area contributed by atoms with Crippen molar-refractivity contribution in [3.63, 3.8) is 0 Å². The van der Waals surface area contributed by atoms with Crippen molar-refractivity contribution in [2.75, 3.05) is 0 Å². The highest BCUT2D eigenvalue weighted by atomic mass is 127. The molecule has 2 aromatic rings. The van der Waals surface area contributed by atoms with E-state index in [1.165, 1.54) is 12.1 Å². The normalized spacial score (nSPS) is 11.3. The molecular formula is C13H6I3O5S-. The maximum absolute atomic E-state index is 12.0. The van der Waals surface area contributed by atoms with Gasteiger partial charge in [-0.25, -0.2) is 13.2 Å². The maximum atomic E-state index is 12.0. The molecule has 0 aliphatic carbocycles. The molecule has 0 saturated carbocycles. The van der Waals surface area contributed by atoms with Crippen LogP contribution in [0.3, 0.4) is 0 Å². The minimum Gasteiger partial charge on any atom is -0.744 e. The summed E-state index contributed by atoms with van der Waals surface area (Å²) in [6.07, 6.45) is 0. The van der Waals surface area contributed by atoms with Crippen molar-refractivity contribution in [2.45, 2.75) is 4.90 Å². The van der Waals surface area contributed by atoms with Gasteiger partial charge in [-0.05, 0) is 104 Å². The van der Waals surface area contributed by atoms with E-state index in [0.717, 1.165) is 3.57 Å². The lowest BCUT2D eigenvalue weighted by molar-refractivity contribution is 0.0734. The van der Waals surface area contributed by atoms with Gasteiger partial charge in [-0.2, -0.15) is 0 Å². The van der Waals surface area contributed by atoms with E-state index in [9.17, 15) is 17.8 Å². The zero-order chi connectivity index (χ0) is 16.5. The summed E-state index contributed by atoms with van der Waals surface area (Å²) in [6.45, 7) is 0. The van der Waals surface area contributed by atoms with Crippen LogP contribution in [0.4, 0.5) is 0 Å². The molecule has 0 fully saturated rings. The highest BCUT2D eigenvalue weighted by molar-refractivity contribution is 14.1. The van der Waals surface area contributed by atoms with Crippen molar-refractivity contribution >= 4 is 83.9 Å². The molecule has 0 atom stereocenters. The van der Waals surface area contributed by atoms with Crippen LogP contribution in [-0.4, -0.2) is 18.9 Å². The number of carbonyl (C=O) groups excluding carboxylic acids is 1. The second-order valence-electron chi connectivity index (χ2n) is 4.07. The van der Waals surface area contributed by atoms with Crippen molar-refractivity contribution in [2.24, 2.45) is 0 Å². The molecular weight excluding hydrogens is 649 g/mol. The molecule has 22 heavy (non-hydrogen) atoms. The van der Waals surface area contributed by atoms with E-state index in [1.54, 1.807) is 69.4 Å². The van der Waals surface area contributed by atoms with Gasteiger partial charge in [0.25, 0.3) is 0 Å². The highest BCUT2D eigenvalue weighted by Crippen LogP contribution is 2.29. The zero-order valence-electron chi connectivity index (χ0n) is 10.5. The van der Waals surface area contributed by atoms with Gasteiger partial charge in [0, 0.05) is 10.7 Å². The Morgan fingerprint density at radius 3 is 1.95 bits per heavy atom. The molecule has 0 amide bonds. The molecule has 2 aromatic carbocycles. The Kier molecular flexibility index (Phi) is 6.07. The van der Waals surface area contributed by atoms with E-state index < -0.39 is 16.1 Å². The smallest absolute Gasteiger partial charge is 0.343 e. The van der Waals surface area contributed by atoms with Crippen LogP contribution in [0.5, 0.6) is 5.75 Å². The molecule has 2 rings (SSSR count). The Bertz CT molecular complexity index is 808. The fourth-order valence-corrected chi connectivity index (χ4v) is 5.87. The first-order valence-corrected chi connectivity index (χ1v) is 10.3. The van der Waals surface area contributed by atoms with Gasteiger partial charge in [-0.3, -0.25) is 0 Å². The van der Waals surface area contributed by atoms with E-state index in [4.69, 9.17) is 4.74 Å². The maximum Gasteiger partial charge on any atom is 0.343 e. The van der Waals surface area contributed by atoms with Crippen molar-refractivity contribution in [1.29, 1.82) is 0 Å². The van der Waals surface area contributed by atoms with Crippen molar-refractivity contribution in [1.82, 2.24) is 0 Å². The van der Waals surface area contributed by atoms with Gasteiger partial charge in [0.2, 0.25) is 0 Å².